The molecule has 0 saturated carbocycles. The first-order valence-electron chi connectivity index (χ1n) is 6.92. The second kappa shape index (κ2) is 8.14. The Balaban J connectivity index is 2.23. The maximum absolute atomic E-state index is 5.62. The minimum absolute atomic E-state index is 0.623. The standard InChI is InChI=1S/C14H27N3O/c1-12(2)5-9-18-10-8-17-7-6-15-14(17)16-11-13(3)4/h6-7,12-13H,5,8-11H2,1-4H3,(H,15,16). The molecule has 0 fully saturated rings. The molecule has 4 nitrogen and oxygen atoms in total. The molecule has 18 heavy (non-hydrogen) atoms. The smallest absolute Gasteiger partial charge is 0.202 e. The highest BCUT2D eigenvalue weighted by molar-refractivity contribution is 5.25. The number of nitrogens with zero attached hydrogens (tertiary/aromatic N) is 2. The lowest BCUT2D eigenvalue weighted by atomic mass is 10.1. The highest BCUT2D eigenvalue weighted by Crippen LogP contribution is 2.06. The van der Waals surface area contributed by atoms with Crippen LogP contribution in [0.4, 0.5) is 5.95 Å². The quantitative estimate of drug-likeness (QED) is 0.688. The third-order valence-corrected chi connectivity index (χ3v) is 2.70. The third-order valence-electron chi connectivity index (χ3n) is 2.70. The molecule has 0 aliphatic rings. The topological polar surface area (TPSA) is 39.1 Å². The van der Waals surface area contributed by atoms with Gasteiger partial charge in [-0.15, -0.1) is 0 Å². The average molecular weight is 253 g/mol. The fourth-order valence-electron chi connectivity index (χ4n) is 1.54. The first-order valence-corrected chi connectivity index (χ1v) is 6.92. The summed E-state index contributed by atoms with van der Waals surface area (Å²) < 4.78 is 7.73. The van der Waals surface area contributed by atoms with Crippen LogP contribution in [0.3, 0.4) is 0 Å². The number of ether oxygens (including phenoxy) is 1. The molecule has 0 amide bonds. The second-order valence-corrected chi connectivity index (χ2v) is 5.51. The molecule has 0 bridgehead atoms. The van der Waals surface area contributed by atoms with Gasteiger partial charge in [-0.2, -0.15) is 0 Å². The van der Waals surface area contributed by atoms with Crippen LogP contribution in [0.25, 0.3) is 0 Å². The molecule has 1 heterocycles. The number of anilines is 1. The lowest BCUT2D eigenvalue weighted by molar-refractivity contribution is 0.116. The fourth-order valence-corrected chi connectivity index (χ4v) is 1.54. The van der Waals surface area contributed by atoms with Gasteiger partial charge in [-0.1, -0.05) is 27.7 Å². The summed E-state index contributed by atoms with van der Waals surface area (Å²) in [5, 5.41) is 3.35. The molecular weight excluding hydrogens is 226 g/mol. The number of hydrogen-bond acceptors (Lipinski definition) is 3. The Morgan fingerprint density at radius 2 is 2.00 bits per heavy atom. The van der Waals surface area contributed by atoms with Crippen LogP contribution in [0, 0.1) is 11.8 Å². The normalized spacial score (nSPS) is 11.4. The minimum Gasteiger partial charge on any atom is -0.380 e. The summed E-state index contributed by atoms with van der Waals surface area (Å²) in [6.07, 6.45) is 4.95. The van der Waals surface area contributed by atoms with Crippen molar-refractivity contribution in [3.63, 3.8) is 0 Å². The van der Waals surface area contributed by atoms with Crippen molar-refractivity contribution in [3.05, 3.63) is 12.4 Å². The van der Waals surface area contributed by atoms with Crippen LogP contribution in [-0.2, 0) is 11.3 Å². The van der Waals surface area contributed by atoms with Crippen molar-refractivity contribution in [2.24, 2.45) is 11.8 Å². The Labute approximate surface area is 111 Å². The van der Waals surface area contributed by atoms with Crippen molar-refractivity contribution in [3.8, 4) is 0 Å². The van der Waals surface area contributed by atoms with E-state index in [0.29, 0.717) is 11.8 Å². The molecule has 1 aromatic rings. The largest absolute Gasteiger partial charge is 0.380 e. The number of imidazole rings is 1. The lowest BCUT2D eigenvalue weighted by Crippen LogP contribution is -2.14. The van der Waals surface area contributed by atoms with E-state index in [1.165, 1.54) is 0 Å². The summed E-state index contributed by atoms with van der Waals surface area (Å²) in [5.74, 6) is 2.27. The highest BCUT2D eigenvalue weighted by atomic mass is 16.5. The second-order valence-electron chi connectivity index (χ2n) is 5.51. The zero-order chi connectivity index (χ0) is 13.4. The molecule has 0 aliphatic heterocycles. The van der Waals surface area contributed by atoms with Crippen molar-refractivity contribution in [1.82, 2.24) is 9.55 Å². The number of aromatic nitrogens is 2. The number of hydrogen-bond donors (Lipinski definition) is 1. The van der Waals surface area contributed by atoms with Gasteiger partial charge in [0.05, 0.1) is 6.61 Å². The van der Waals surface area contributed by atoms with Gasteiger partial charge in [0.15, 0.2) is 0 Å². The Morgan fingerprint density at radius 1 is 1.22 bits per heavy atom. The van der Waals surface area contributed by atoms with Crippen LogP contribution in [0.1, 0.15) is 34.1 Å². The van der Waals surface area contributed by atoms with E-state index in [1.54, 1.807) is 0 Å². The molecule has 1 rings (SSSR count). The van der Waals surface area contributed by atoms with Crippen LogP contribution < -0.4 is 5.32 Å². The predicted molar refractivity (Wildman–Crippen MR) is 75.8 cm³/mol. The zero-order valence-corrected chi connectivity index (χ0v) is 12.1. The molecule has 1 aromatic heterocycles. The number of nitrogens with one attached hydrogen (secondary N) is 1. The zero-order valence-electron chi connectivity index (χ0n) is 12.1. The monoisotopic (exact) mass is 253 g/mol. The van der Waals surface area contributed by atoms with Crippen LogP contribution >= 0.6 is 0 Å². The lowest BCUT2D eigenvalue weighted by Gasteiger charge is -2.12. The Bertz CT molecular complexity index is 321. The van der Waals surface area contributed by atoms with Crippen molar-refractivity contribution in [2.75, 3.05) is 25.1 Å². The van der Waals surface area contributed by atoms with E-state index in [9.17, 15) is 0 Å². The molecule has 0 aliphatic carbocycles. The Kier molecular flexibility index (Phi) is 6.80. The molecule has 0 spiro atoms. The maximum atomic E-state index is 5.62. The molecule has 0 radical (unpaired) electrons. The number of rotatable bonds is 9. The van der Waals surface area contributed by atoms with Crippen LogP contribution in [-0.4, -0.2) is 29.3 Å². The first kappa shape index (κ1) is 15.0. The summed E-state index contributed by atoms with van der Waals surface area (Å²) in [6, 6.07) is 0. The van der Waals surface area contributed by atoms with Gasteiger partial charge in [0.2, 0.25) is 5.95 Å². The van der Waals surface area contributed by atoms with E-state index in [4.69, 9.17) is 4.74 Å². The third kappa shape index (κ3) is 6.05. The predicted octanol–water partition coefficient (Wildman–Crippen LogP) is 3.01. The van der Waals surface area contributed by atoms with Crippen LogP contribution in [0.5, 0.6) is 0 Å². The molecule has 1 N–H and O–H groups in total. The SMILES string of the molecule is CC(C)CCOCCn1ccnc1NCC(C)C. The average Bonchev–Trinajstić information content (AvgIpc) is 2.73. The van der Waals surface area contributed by atoms with E-state index in [2.05, 4.69) is 42.6 Å². The molecule has 4 heteroatoms. The van der Waals surface area contributed by atoms with Gasteiger partial charge in [-0.25, -0.2) is 4.98 Å². The fraction of sp³-hybridized carbons (Fsp3) is 0.786. The summed E-state index contributed by atoms with van der Waals surface area (Å²) in [7, 11) is 0. The van der Waals surface area contributed by atoms with Crippen LogP contribution in [0.15, 0.2) is 12.4 Å². The molecular formula is C14H27N3O. The van der Waals surface area contributed by atoms with Gasteiger partial charge in [0, 0.05) is 32.1 Å². The minimum atomic E-state index is 0.623. The summed E-state index contributed by atoms with van der Waals surface area (Å²) in [5.41, 5.74) is 0. The van der Waals surface area contributed by atoms with Crippen molar-refractivity contribution in [1.29, 1.82) is 0 Å². The highest BCUT2D eigenvalue weighted by Gasteiger charge is 2.03. The summed E-state index contributed by atoms with van der Waals surface area (Å²) >= 11 is 0. The summed E-state index contributed by atoms with van der Waals surface area (Å²) in [6.45, 7) is 12.2. The van der Waals surface area contributed by atoms with Crippen LogP contribution in [0.2, 0.25) is 0 Å². The first-order chi connectivity index (χ1) is 8.59. The molecule has 0 atom stereocenters. The van der Waals surface area contributed by atoms with Gasteiger partial charge >= 0.3 is 0 Å². The van der Waals surface area contributed by atoms with Gasteiger partial charge in [-0.3, -0.25) is 0 Å². The van der Waals surface area contributed by atoms with E-state index < -0.39 is 0 Å². The van der Waals surface area contributed by atoms with E-state index in [1.807, 2.05) is 12.4 Å². The molecule has 0 unspecified atom stereocenters. The molecule has 0 aromatic carbocycles. The summed E-state index contributed by atoms with van der Waals surface area (Å²) in [4.78, 5) is 4.31. The molecule has 0 saturated heterocycles. The van der Waals surface area contributed by atoms with Gasteiger partial charge in [-0.05, 0) is 18.3 Å². The van der Waals surface area contributed by atoms with E-state index >= 15 is 0 Å². The Hall–Kier alpha value is -1.03. The Morgan fingerprint density at radius 3 is 2.67 bits per heavy atom. The van der Waals surface area contributed by atoms with E-state index in [-0.39, 0.29) is 0 Å². The van der Waals surface area contributed by atoms with Crippen molar-refractivity contribution >= 4 is 5.95 Å². The van der Waals surface area contributed by atoms with Crippen molar-refractivity contribution in [2.45, 2.75) is 40.7 Å². The van der Waals surface area contributed by atoms with Gasteiger partial charge < -0.3 is 14.6 Å². The van der Waals surface area contributed by atoms with Crippen molar-refractivity contribution < 1.29 is 4.74 Å². The van der Waals surface area contributed by atoms with E-state index in [0.717, 1.165) is 38.7 Å². The van der Waals surface area contributed by atoms with Gasteiger partial charge in [0.1, 0.15) is 0 Å². The maximum Gasteiger partial charge on any atom is 0.202 e. The van der Waals surface area contributed by atoms with Gasteiger partial charge in [0.25, 0.3) is 0 Å². The molecule has 104 valence electrons.